The fraction of sp³-hybridized carbons (Fsp3) is 0.833. The van der Waals surface area contributed by atoms with Gasteiger partial charge in [-0.2, -0.15) is 0 Å². The van der Waals surface area contributed by atoms with E-state index >= 15 is 0 Å². The molecule has 0 unspecified atom stereocenters. The van der Waals surface area contributed by atoms with Crippen molar-refractivity contribution in [2.45, 2.75) is 18.6 Å². The first-order valence-electron chi connectivity index (χ1n) is 3.21. The van der Waals surface area contributed by atoms with Crippen molar-refractivity contribution in [2.24, 2.45) is 0 Å². The molecule has 10 heavy (non-hydrogen) atoms. The smallest absolute Gasteiger partial charge is 0.325 e. The van der Waals surface area contributed by atoms with Crippen LogP contribution in [-0.4, -0.2) is 31.8 Å². The third-order valence-electron chi connectivity index (χ3n) is 1.60. The molecule has 1 heterocycles. The van der Waals surface area contributed by atoms with Crippen molar-refractivity contribution in [2.75, 3.05) is 13.7 Å². The number of carbonyl (C=O) groups excluding carboxylic acids is 1. The molecule has 1 N–H and O–H groups in total. The van der Waals surface area contributed by atoms with Crippen molar-refractivity contribution in [3.63, 3.8) is 0 Å². The molecule has 0 aromatic rings. The van der Waals surface area contributed by atoms with E-state index in [9.17, 15) is 9.18 Å². The summed E-state index contributed by atoms with van der Waals surface area (Å²) in [7, 11) is 1.26. The van der Waals surface area contributed by atoms with Crippen LogP contribution in [0, 0.1) is 0 Å². The number of hydrogen-bond donors (Lipinski definition) is 1. The van der Waals surface area contributed by atoms with Crippen molar-refractivity contribution in [3.8, 4) is 0 Å². The van der Waals surface area contributed by atoms with Gasteiger partial charge in [-0.15, -0.1) is 0 Å². The van der Waals surface area contributed by atoms with Crippen LogP contribution in [0.2, 0.25) is 0 Å². The van der Waals surface area contributed by atoms with Crippen molar-refractivity contribution in [1.82, 2.24) is 5.32 Å². The van der Waals surface area contributed by atoms with Gasteiger partial charge in [-0.1, -0.05) is 0 Å². The molecule has 0 aromatic carbocycles. The number of rotatable bonds is 1. The van der Waals surface area contributed by atoms with Crippen LogP contribution in [0.15, 0.2) is 0 Å². The molecule has 0 amide bonds. The van der Waals surface area contributed by atoms with E-state index in [1.54, 1.807) is 0 Å². The Hall–Kier alpha value is -0.640. The van der Waals surface area contributed by atoms with Crippen LogP contribution in [0.1, 0.15) is 6.42 Å². The normalized spacial score (nSPS) is 32.2. The average molecular weight is 147 g/mol. The largest absolute Gasteiger partial charge is 0.468 e. The Balaban J connectivity index is 2.46. The van der Waals surface area contributed by atoms with Gasteiger partial charge in [0.1, 0.15) is 12.2 Å². The minimum Gasteiger partial charge on any atom is -0.468 e. The van der Waals surface area contributed by atoms with Gasteiger partial charge in [-0.3, -0.25) is 4.79 Å². The Kier molecular flexibility index (Phi) is 2.21. The quantitative estimate of drug-likeness (QED) is 0.524. The number of halogens is 1. The van der Waals surface area contributed by atoms with Crippen LogP contribution in [0.4, 0.5) is 4.39 Å². The van der Waals surface area contributed by atoms with Crippen LogP contribution in [0.25, 0.3) is 0 Å². The highest BCUT2D eigenvalue weighted by Crippen LogP contribution is 2.11. The third kappa shape index (κ3) is 1.26. The van der Waals surface area contributed by atoms with Crippen molar-refractivity contribution in [1.29, 1.82) is 0 Å². The van der Waals surface area contributed by atoms with Crippen molar-refractivity contribution in [3.05, 3.63) is 0 Å². The molecular formula is C6H10FNO2. The number of methoxy groups -OCH3 is 1. The van der Waals surface area contributed by atoms with Gasteiger partial charge < -0.3 is 10.1 Å². The van der Waals surface area contributed by atoms with E-state index in [1.807, 2.05) is 0 Å². The van der Waals surface area contributed by atoms with Crippen LogP contribution in [-0.2, 0) is 9.53 Å². The fourth-order valence-electron chi connectivity index (χ4n) is 1.03. The maximum Gasteiger partial charge on any atom is 0.325 e. The molecule has 0 radical (unpaired) electrons. The maximum atomic E-state index is 12.7. The molecule has 2 atom stereocenters. The van der Waals surface area contributed by atoms with Gasteiger partial charge >= 0.3 is 5.97 Å². The molecule has 1 aliphatic rings. The molecule has 1 saturated heterocycles. The Bertz CT molecular complexity index is 140. The summed E-state index contributed by atoms with van der Waals surface area (Å²) in [6.07, 6.45) is -0.674. The Morgan fingerprint density at radius 3 is 2.90 bits per heavy atom. The van der Waals surface area contributed by atoms with E-state index in [4.69, 9.17) is 0 Å². The zero-order chi connectivity index (χ0) is 7.56. The van der Waals surface area contributed by atoms with Gasteiger partial charge in [0.15, 0.2) is 0 Å². The first-order chi connectivity index (χ1) is 4.75. The van der Waals surface area contributed by atoms with Crippen molar-refractivity contribution >= 4 is 5.97 Å². The number of hydrogen-bond acceptors (Lipinski definition) is 3. The zero-order valence-electron chi connectivity index (χ0n) is 5.76. The van der Waals surface area contributed by atoms with Gasteiger partial charge in [0.2, 0.25) is 0 Å². The van der Waals surface area contributed by atoms with Crippen LogP contribution in [0.3, 0.4) is 0 Å². The SMILES string of the molecule is COC(=O)[C@H]1NCC[C@@H]1F. The molecule has 58 valence electrons. The van der Waals surface area contributed by atoms with E-state index in [0.717, 1.165) is 0 Å². The van der Waals surface area contributed by atoms with E-state index in [-0.39, 0.29) is 0 Å². The Labute approximate surface area is 58.5 Å². The van der Waals surface area contributed by atoms with Crippen LogP contribution in [0.5, 0.6) is 0 Å². The summed E-state index contributed by atoms with van der Waals surface area (Å²) in [6, 6.07) is -0.731. The lowest BCUT2D eigenvalue weighted by atomic mass is 10.2. The molecule has 0 bridgehead atoms. The molecule has 1 aliphatic heterocycles. The number of alkyl halides is 1. The third-order valence-corrected chi connectivity index (χ3v) is 1.60. The minimum absolute atomic E-state index is 0.403. The van der Waals surface area contributed by atoms with Crippen LogP contribution >= 0.6 is 0 Å². The molecule has 0 saturated carbocycles. The molecule has 0 spiro atoms. The lowest BCUT2D eigenvalue weighted by Gasteiger charge is -2.08. The minimum atomic E-state index is -1.08. The summed E-state index contributed by atoms with van der Waals surface area (Å²) in [5.74, 6) is -0.509. The van der Waals surface area contributed by atoms with E-state index in [0.29, 0.717) is 13.0 Å². The van der Waals surface area contributed by atoms with Gasteiger partial charge in [0.05, 0.1) is 7.11 Å². The summed E-state index contributed by atoms with van der Waals surface area (Å²) in [5, 5.41) is 2.71. The maximum absolute atomic E-state index is 12.7. The molecule has 3 nitrogen and oxygen atoms in total. The average Bonchev–Trinajstić information content (AvgIpc) is 2.34. The lowest BCUT2D eigenvalue weighted by Crippen LogP contribution is -2.37. The number of carbonyl (C=O) groups is 1. The topological polar surface area (TPSA) is 38.3 Å². The second-order valence-electron chi connectivity index (χ2n) is 2.26. The second kappa shape index (κ2) is 2.96. The van der Waals surface area contributed by atoms with Crippen molar-refractivity contribution < 1.29 is 13.9 Å². The highest BCUT2D eigenvalue weighted by molar-refractivity contribution is 5.76. The van der Waals surface area contributed by atoms with E-state index in [2.05, 4.69) is 10.1 Å². The number of nitrogens with one attached hydrogen (secondary N) is 1. The summed E-state index contributed by atoms with van der Waals surface area (Å²) in [6.45, 7) is 0.556. The number of ether oxygens (including phenoxy) is 1. The summed E-state index contributed by atoms with van der Waals surface area (Å²) in [5.41, 5.74) is 0. The monoisotopic (exact) mass is 147 g/mol. The molecule has 1 fully saturated rings. The predicted octanol–water partition coefficient (Wildman–Crippen LogP) is -0.141. The zero-order valence-corrected chi connectivity index (χ0v) is 5.76. The molecular weight excluding hydrogens is 137 g/mol. The summed E-state index contributed by atoms with van der Waals surface area (Å²) in [4.78, 5) is 10.7. The van der Waals surface area contributed by atoms with Crippen LogP contribution < -0.4 is 5.32 Å². The fourth-order valence-corrected chi connectivity index (χ4v) is 1.03. The molecule has 0 aromatic heterocycles. The molecule has 1 rings (SSSR count). The van der Waals surface area contributed by atoms with Gasteiger partial charge in [-0.25, -0.2) is 4.39 Å². The Morgan fingerprint density at radius 1 is 1.80 bits per heavy atom. The Morgan fingerprint density at radius 2 is 2.50 bits per heavy atom. The lowest BCUT2D eigenvalue weighted by molar-refractivity contribution is -0.143. The van der Waals surface area contributed by atoms with Gasteiger partial charge in [0, 0.05) is 0 Å². The second-order valence-corrected chi connectivity index (χ2v) is 2.26. The standard InChI is InChI=1S/C6H10FNO2/c1-10-6(9)5-4(7)2-3-8-5/h4-5,8H,2-3H2,1H3/t4-,5-/m0/s1. The molecule has 4 heteroatoms. The molecule has 0 aliphatic carbocycles. The summed E-state index contributed by atoms with van der Waals surface area (Å²) >= 11 is 0. The van der Waals surface area contributed by atoms with E-state index in [1.165, 1.54) is 7.11 Å². The highest BCUT2D eigenvalue weighted by Gasteiger charge is 2.33. The predicted molar refractivity (Wildman–Crippen MR) is 33.3 cm³/mol. The van der Waals surface area contributed by atoms with Gasteiger partial charge in [-0.05, 0) is 13.0 Å². The summed E-state index contributed by atoms with van der Waals surface area (Å²) < 4.78 is 17.0. The van der Waals surface area contributed by atoms with Gasteiger partial charge in [0.25, 0.3) is 0 Å². The highest BCUT2D eigenvalue weighted by atomic mass is 19.1. The number of esters is 1. The van der Waals surface area contributed by atoms with E-state index < -0.39 is 18.2 Å². The first kappa shape index (κ1) is 7.47. The first-order valence-corrected chi connectivity index (χ1v) is 3.21.